The Balaban J connectivity index is 1.85. The molecular formula is C20H20N2O2S2. The van der Waals surface area contributed by atoms with Gasteiger partial charge in [0.2, 0.25) is 0 Å². The van der Waals surface area contributed by atoms with E-state index in [9.17, 15) is 4.79 Å². The molecule has 3 aromatic rings. The van der Waals surface area contributed by atoms with Crippen molar-refractivity contribution in [3.8, 4) is 17.0 Å². The van der Waals surface area contributed by atoms with Gasteiger partial charge in [-0.15, -0.1) is 0 Å². The fourth-order valence-corrected chi connectivity index (χ4v) is 4.36. The molecule has 0 bridgehead atoms. The predicted molar refractivity (Wildman–Crippen MR) is 110 cm³/mol. The van der Waals surface area contributed by atoms with Crippen molar-refractivity contribution in [2.24, 2.45) is 0 Å². The van der Waals surface area contributed by atoms with Crippen LogP contribution in [0.4, 0.5) is 5.00 Å². The first-order chi connectivity index (χ1) is 12.7. The molecule has 0 radical (unpaired) electrons. The third-order valence-corrected chi connectivity index (χ3v) is 5.57. The second-order valence-corrected chi connectivity index (χ2v) is 7.88. The number of anilines is 1. The van der Waals surface area contributed by atoms with Gasteiger partial charge in [-0.3, -0.25) is 4.79 Å². The second kappa shape index (κ2) is 8.87. The molecule has 0 fully saturated rings. The molecule has 1 aromatic heterocycles. The normalized spacial score (nSPS) is 10.5. The Morgan fingerprint density at radius 2 is 1.85 bits per heavy atom. The van der Waals surface area contributed by atoms with E-state index in [2.05, 4.69) is 12.2 Å². The first kappa shape index (κ1) is 18.5. The fraction of sp³-hybridized carbons (Fsp3) is 0.200. The number of carbonyl (C=O) groups is 1. The van der Waals surface area contributed by atoms with Crippen LogP contribution in [0.25, 0.3) is 11.3 Å². The highest BCUT2D eigenvalue weighted by Crippen LogP contribution is 2.37. The summed E-state index contributed by atoms with van der Waals surface area (Å²) in [7, 11) is 0. The number of benzene rings is 2. The Kier molecular flexibility index (Phi) is 6.30. The van der Waals surface area contributed by atoms with Crippen molar-refractivity contribution in [3.63, 3.8) is 0 Å². The van der Waals surface area contributed by atoms with Crippen LogP contribution in [0.1, 0.15) is 24.2 Å². The zero-order chi connectivity index (χ0) is 18.4. The van der Waals surface area contributed by atoms with Gasteiger partial charge in [0.25, 0.3) is 5.91 Å². The topological polar surface area (TPSA) is 51.2 Å². The number of hydrogen-bond donors (Lipinski definition) is 1. The molecule has 26 heavy (non-hydrogen) atoms. The molecule has 0 aliphatic rings. The first-order valence-electron chi connectivity index (χ1n) is 8.44. The number of thioether (sulfide) groups is 1. The van der Waals surface area contributed by atoms with Crippen molar-refractivity contribution >= 4 is 34.0 Å². The molecule has 0 unspecified atom stereocenters. The van der Waals surface area contributed by atoms with Crippen LogP contribution in [0.2, 0.25) is 0 Å². The highest BCUT2D eigenvalue weighted by molar-refractivity contribution is 8.01. The van der Waals surface area contributed by atoms with Gasteiger partial charge in [0.05, 0.1) is 6.61 Å². The quantitative estimate of drug-likeness (QED) is 0.541. The zero-order valence-corrected chi connectivity index (χ0v) is 16.3. The summed E-state index contributed by atoms with van der Waals surface area (Å²) in [5.74, 6) is 1.55. The smallest absolute Gasteiger partial charge is 0.256 e. The van der Waals surface area contributed by atoms with Gasteiger partial charge >= 0.3 is 0 Å². The maximum absolute atomic E-state index is 12.7. The minimum absolute atomic E-state index is 0.151. The van der Waals surface area contributed by atoms with E-state index >= 15 is 0 Å². The van der Waals surface area contributed by atoms with Gasteiger partial charge in [-0.25, -0.2) is 4.98 Å². The molecule has 0 aliphatic carbocycles. The summed E-state index contributed by atoms with van der Waals surface area (Å²) in [6, 6.07) is 17.1. The molecule has 0 spiro atoms. The summed E-state index contributed by atoms with van der Waals surface area (Å²) in [5, 5.41) is 3.79. The summed E-state index contributed by atoms with van der Waals surface area (Å²) in [6.07, 6.45) is 0. The minimum Gasteiger partial charge on any atom is -0.494 e. The van der Waals surface area contributed by atoms with Crippen molar-refractivity contribution in [2.45, 2.75) is 18.2 Å². The SMILES string of the molecule is CCOc1ccc(C(=O)Nc2sc(SCC)nc2-c2ccccc2)cc1. The van der Waals surface area contributed by atoms with Crippen LogP contribution in [0.3, 0.4) is 0 Å². The van der Waals surface area contributed by atoms with Crippen LogP contribution < -0.4 is 10.1 Å². The van der Waals surface area contributed by atoms with Crippen molar-refractivity contribution in [1.82, 2.24) is 4.98 Å². The molecular weight excluding hydrogens is 364 g/mol. The molecule has 1 heterocycles. The number of hydrogen-bond acceptors (Lipinski definition) is 5. The number of nitrogens with zero attached hydrogens (tertiary/aromatic N) is 1. The van der Waals surface area contributed by atoms with Gasteiger partial charge in [0.1, 0.15) is 16.4 Å². The van der Waals surface area contributed by atoms with Gasteiger partial charge in [-0.05, 0) is 36.9 Å². The van der Waals surface area contributed by atoms with Crippen LogP contribution in [0.5, 0.6) is 5.75 Å². The lowest BCUT2D eigenvalue weighted by molar-refractivity contribution is 0.102. The Labute approximate surface area is 161 Å². The summed E-state index contributed by atoms with van der Waals surface area (Å²) in [5.41, 5.74) is 2.39. The van der Waals surface area contributed by atoms with Crippen LogP contribution in [-0.2, 0) is 0 Å². The maximum atomic E-state index is 12.7. The van der Waals surface area contributed by atoms with Crippen LogP contribution >= 0.6 is 23.1 Å². The van der Waals surface area contributed by atoms with E-state index in [1.807, 2.05) is 49.4 Å². The van der Waals surface area contributed by atoms with E-state index in [0.717, 1.165) is 32.1 Å². The van der Waals surface area contributed by atoms with Crippen molar-refractivity contribution in [1.29, 1.82) is 0 Å². The monoisotopic (exact) mass is 384 g/mol. The van der Waals surface area contributed by atoms with Gasteiger partial charge in [0, 0.05) is 11.1 Å². The molecule has 4 nitrogen and oxygen atoms in total. The van der Waals surface area contributed by atoms with Gasteiger partial charge in [-0.2, -0.15) is 0 Å². The lowest BCUT2D eigenvalue weighted by Crippen LogP contribution is -2.11. The summed E-state index contributed by atoms with van der Waals surface area (Å²) >= 11 is 3.18. The number of ether oxygens (including phenoxy) is 1. The number of amides is 1. The molecule has 134 valence electrons. The Morgan fingerprint density at radius 3 is 2.50 bits per heavy atom. The van der Waals surface area contributed by atoms with Crippen LogP contribution in [0, 0.1) is 0 Å². The predicted octanol–water partition coefficient (Wildman–Crippen LogP) is 5.57. The Hall–Kier alpha value is -2.31. The standard InChI is InChI=1S/C20H20N2O2S2/c1-3-24-16-12-10-15(11-13-16)18(23)22-19-17(14-8-6-5-7-9-14)21-20(26-19)25-4-2/h5-13H,3-4H2,1-2H3,(H,22,23). The maximum Gasteiger partial charge on any atom is 0.256 e. The highest BCUT2D eigenvalue weighted by atomic mass is 32.2. The molecule has 1 N–H and O–H groups in total. The number of nitrogens with one attached hydrogen (secondary N) is 1. The van der Waals surface area contributed by atoms with Crippen molar-refractivity contribution in [2.75, 3.05) is 17.7 Å². The highest BCUT2D eigenvalue weighted by Gasteiger charge is 2.16. The van der Waals surface area contributed by atoms with E-state index < -0.39 is 0 Å². The summed E-state index contributed by atoms with van der Waals surface area (Å²) in [4.78, 5) is 17.4. The third kappa shape index (κ3) is 4.45. The number of thiazole rings is 1. The molecule has 0 saturated heterocycles. The summed E-state index contributed by atoms with van der Waals surface area (Å²) < 4.78 is 6.38. The molecule has 0 atom stereocenters. The third-order valence-electron chi connectivity index (χ3n) is 3.58. The summed E-state index contributed by atoms with van der Waals surface area (Å²) in [6.45, 7) is 4.62. The number of aromatic nitrogens is 1. The van der Waals surface area contributed by atoms with E-state index in [0.29, 0.717) is 12.2 Å². The molecule has 0 aliphatic heterocycles. The van der Waals surface area contributed by atoms with Crippen molar-refractivity contribution in [3.05, 3.63) is 60.2 Å². The Morgan fingerprint density at radius 1 is 1.12 bits per heavy atom. The lowest BCUT2D eigenvalue weighted by atomic mass is 10.1. The van der Waals surface area contributed by atoms with Gasteiger partial charge in [0.15, 0.2) is 4.34 Å². The minimum atomic E-state index is -0.151. The van der Waals surface area contributed by atoms with Crippen LogP contribution in [-0.4, -0.2) is 23.3 Å². The number of carbonyl (C=O) groups excluding carboxylic acids is 1. The lowest BCUT2D eigenvalue weighted by Gasteiger charge is -2.07. The molecule has 2 aromatic carbocycles. The molecule has 1 amide bonds. The molecule has 0 saturated carbocycles. The van der Waals surface area contributed by atoms with E-state index in [-0.39, 0.29) is 5.91 Å². The van der Waals surface area contributed by atoms with Crippen molar-refractivity contribution < 1.29 is 9.53 Å². The second-order valence-electron chi connectivity index (χ2n) is 5.37. The number of rotatable bonds is 7. The van der Waals surface area contributed by atoms with Gasteiger partial charge in [-0.1, -0.05) is 60.4 Å². The average Bonchev–Trinajstić information content (AvgIpc) is 3.06. The molecule has 6 heteroatoms. The average molecular weight is 385 g/mol. The largest absolute Gasteiger partial charge is 0.494 e. The van der Waals surface area contributed by atoms with E-state index in [4.69, 9.17) is 9.72 Å². The zero-order valence-electron chi connectivity index (χ0n) is 14.7. The Bertz CT molecular complexity index is 861. The van der Waals surface area contributed by atoms with E-state index in [1.165, 1.54) is 11.3 Å². The van der Waals surface area contributed by atoms with Gasteiger partial charge < -0.3 is 10.1 Å². The fourth-order valence-electron chi connectivity index (χ4n) is 2.41. The van der Waals surface area contributed by atoms with Crippen LogP contribution in [0.15, 0.2) is 58.9 Å². The first-order valence-corrected chi connectivity index (χ1v) is 10.2. The molecule has 3 rings (SSSR count). The van der Waals surface area contributed by atoms with E-state index in [1.54, 1.807) is 23.9 Å².